The number of H-pyrrole nitrogens is 1. The molecule has 0 aliphatic heterocycles. The Morgan fingerprint density at radius 2 is 1.66 bits per heavy atom. The molecule has 158 valence electrons. The molecule has 3 saturated carbocycles. The van der Waals surface area contributed by atoms with Crippen LogP contribution in [0, 0.1) is 0 Å². The maximum atomic E-state index is 13.0. The Kier molecular flexibility index (Phi) is 4.78. The van der Waals surface area contributed by atoms with Crippen LogP contribution in [0.15, 0.2) is 9.59 Å². The zero-order valence-electron chi connectivity index (χ0n) is 17.0. The van der Waals surface area contributed by atoms with Gasteiger partial charge in [0.1, 0.15) is 16.9 Å². The van der Waals surface area contributed by atoms with Gasteiger partial charge in [0.05, 0.1) is 0 Å². The number of carbonyl (C=O) groups is 1. The van der Waals surface area contributed by atoms with E-state index in [-0.39, 0.29) is 16.7 Å². The number of rotatable bonds is 6. The minimum Gasteiger partial charge on any atom is -0.450 e. The molecule has 5 rings (SSSR count). The quantitative estimate of drug-likeness (QED) is 0.715. The lowest BCUT2D eigenvalue weighted by molar-refractivity contribution is -0.0915. The van der Waals surface area contributed by atoms with Crippen molar-refractivity contribution in [3.63, 3.8) is 0 Å². The molecule has 0 spiro atoms. The summed E-state index contributed by atoms with van der Waals surface area (Å²) in [6.07, 6.45) is 4.45. The summed E-state index contributed by atoms with van der Waals surface area (Å²) in [5.41, 5.74) is -0.606. The molecule has 0 saturated heterocycles. The van der Waals surface area contributed by atoms with Crippen molar-refractivity contribution in [1.82, 2.24) is 19.1 Å². The molecule has 0 unspecified atom stereocenters. The van der Waals surface area contributed by atoms with E-state index in [1.165, 1.54) is 4.57 Å². The largest absolute Gasteiger partial charge is 0.506 e. The van der Waals surface area contributed by atoms with E-state index in [2.05, 4.69) is 4.98 Å². The Bertz CT molecular complexity index is 1040. The first-order valence-electron chi connectivity index (χ1n) is 10.5. The Morgan fingerprint density at radius 3 is 2.21 bits per heavy atom. The van der Waals surface area contributed by atoms with Crippen molar-refractivity contribution >= 4 is 17.3 Å². The number of aromatic nitrogens is 4. The molecule has 0 radical (unpaired) electrons. The molecule has 9 heteroatoms. The second-order valence-electron chi connectivity index (χ2n) is 8.51. The third-order valence-corrected chi connectivity index (χ3v) is 6.74. The fourth-order valence-corrected chi connectivity index (χ4v) is 5.11. The molecule has 2 bridgehead atoms. The van der Waals surface area contributed by atoms with Crippen LogP contribution in [0.25, 0.3) is 11.2 Å². The zero-order valence-corrected chi connectivity index (χ0v) is 17.0. The molecular formula is C20H28N4O5. The van der Waals surface area contributed by atoms with Crippen LogP contribution in [0.3, 0.4) is 0 Å². The van der Waals surface area contributed by atoms with E-state index in [1.807, 2.05) is 13.8 Å². The SMILES string of the molecule is CCCn1c(=O)c2[nH]c(C34CCC(OC(=O)O)(CC3)CC4)nc2n(CCC)c1=O. The van der Waals surface area contributed by atoms with Gasteiger partial charge in [0, 0.05) is 18.5 Å². The Balaban J connectivity index is 1.78. The predicted molar refractivity (Wildman–Crippen MR) is 106 cm³/mol. The molecule has 9 nitrogen and oxygen atoms in total. The number of hydrogen-bond donors (Lipinski definition) is 2. The minimum atomic E-state index is -1.22. The Labute approximate surface area is 167 Å². The van der Waals surface area contributed by atoms with E-state index in [0.717, 1.165) is 31.5 Å². The third kappa shape index (κ3) is 3.07. The highest BCUT2D eigenvalue weighted by Crippen LogP contribution is 2.54. The van der Waals surface area contributed by atoms with Gasteiger partial charge in [-0.05, 0) is 51.4 Å². The summed E-state index contributed by atoms with van der Waals surface area (Å²) in [4.78, 5) is 44.9. The van der Waals surface area contributed by atoms with E-state index in [9.17, 15) is 14.4 Å². The summed E-state index contributed by atoms with van der Waals surface area (Å²) >= 11 is 0. The lowest BCUT2D eigenvalue weighted by Crippen LogP contribution is -2.50. The van der Waals surface area contributed by atoms with Gasteiger partial charge in [0.25, 0.3) is 5.56 Å². The van der Waals surface area contributed by atoms with E-state index >= 15 is 0 Å². The number of aromatic amines is 1. The number of imidazole rings is 1. The highest BCUT2D eigenvalue weighted by atomic mass is 16.7. The number of nitrogens with zero attached hydrogens (tertiary/aromatic N) is 3. The van der Waals surface area contributed by atoms with Crippen molar-refractivity contribution in [1.29, 1.82) is 0 Å². The fraction of sp³-hybridized carbons (Fsp3) is 0.700. The van der Waals surface area contributed by atoms with Crippen LogP contribution in [0.5, 0.6) is 0 Å². The molecule has 2 aromatic rings. The topological polar surface area (TPSA) is 119 Å². The predicted octanol–water partition coefficient (Wildman–Crippen LogP) is 2.75. The molecule has 2 aromatic heterocycles. The number of fused-ring (bicyclic) bond motifs is 4. The molecule has 0 aromatic carbocycles. The van der Waals surface area contributed by atoms with Crippen LogP contribution in [0.1, 0.15) is 71.0 Å². The van der Waals surface area contributed by atoms with Gasteiger partial charge in [-0.1, -0.05) is 13.8 Å². The monoisotopic (exact) mass is 404 g/mol. The molecule has 2 heterocycles. The van der Waals surface area contributed by atoms with Gasteiger partial charge < -0.3 is 14.8 Å². The number of nitrogens with one attached hydrogen (secondary N) is 1. The number of hydrogen-bond acceptors (Lipinski definition) is 5. The summed E-state index contributed by atoms with van der Waals surface area (Å²) in [6.45, 7) is 4.81. The van der Waals surface area contributed by atoms with Gasteiger partial charge in [-0.2, -0.15) is 0 Å². The van der Waals surface area contributed by atoms with Gasteiger partial charge in [-0.25, -0.2) is 14.6 Å². The molecular weight excluding hydrogens is 376 g/mol. The summed E-state index contributed by atoms with van der Waals surface area (Å²) in [6, 6.07) is 0. The van der Waals surface area contributed by atoms with E-state index in [4.69, 9.17) is 14.8 Å². The Morgan fingerprint density at radius 1 is 1.07 bits per heavy atom. The lowest BCUT2D eigenvalue weighted by Gasteiger charge is -2.51. The molecule has 0 amide bonds. The van der Waals surface area contributed by atoms with E-state index < -0.39 is 11.8 Å². The lowest BCUT2D eigenvalue weighted by atomic mass is 9.58. The van der Waals surface area contributed by atoms with Gasteiger partial charge >= 0.3 is 11.8 Å². The summed E-state index contributed by atoms with van der Waals surface area (Å²) in [5, 5.41) is 9.05. The van der Waals surface area contributed by atoms with Crippen molar-refractivity contribution in [2.45, 2.75) is 89.3 Å². The van der Waals surface area contributed by atoms with Gasteiger partial charge in [-0.15, -0.1) is 0 Å². The maximum Gasteiger partial charge on any atom is 0.506 e. The third-order valence-electron chi connectivity index (χ3n) is 6.74. The average Bonchev–Trinajstić information content (AvgIpc) is 3.15. The van der Waals surface area contributed by atoms with Crippen molar-refractivity contribution in [3.05, 3.63) is 26.7 Å². The summed E-state index contributed by atoms with van der Waals surface area (Å²) < 4.78 is 8.12. The molecule has 29 heavy (non-hydrogen) atoms. The van der Waals surface area contributed by atoms with Crippen LogP contribution < -0.4 is 11.2 Å². The van der Waals surface area contributed by atoms with Crippen LogP contribution in [-0.2, 0) is 23.2 Å². The molecule has 3 aliphatic carbocycles. The van der Waals surface area contributed by atoms with Crippen LogP contribution in [-0.4, -0.2) is 36.0 Å². The molecule has 2 N–H and O–H groups in total. The highest BCUT2D eigenvalue weighted by molar-refractivity contribution is 5.70. The maximum absolute atomic E-state index is 13.0. The van der Waals surface area contributed by atoms with Gasteiger partial charge in [-0.3, -0.25) is 13.9 Å². The van der Waals surface area contributed by atoms with E-state index in [1.54, 1.807) is 4.57 Å². The summed E-state index contributed by atoms with van der Waals surface area (Å²) in [5.74, 6) is 0.742. The second-order valence-corrected chi connectivity index (χ2v) is 8.51. The molecule has 3 aliphatic rings. The van der Waals surface area contributed by atoms with Crippen molar-refractivity contribution < 1.29 is 14.6 Å². The average molecular weight is 404 g/mol. The zero-order chi connectivity index (χ0) is 20.8. The normalized spacial score (nSPS) is 26.1. The van der Waals surface area contributed by atoms with E-state index in [0.29, 0.717) is 49.9 Å². The second kappa shape index (κ2) is 7.03. The smallest absolute Gasteiger partial charge is 0.450 e. The number of ether oxygens (including phenoxy) is 1. The van der Waals surface area contributed by atoms with Gasteiger partial charge in [0.15, 0.2) is 5.65 Å². The van der Waals surface area contributed by atoms with Crippen molar-refractivity contribution in [2.75, 3.05) is 0 Å². The molecule has 0 atom stereocenters. The first-order chi connectivity index (χ1) is 13.8. The number of aryl methyl sites for hydroxylation is 1. The standard InChI is InChI=1S/C20H28N4O5/c1-3-11-23-14-13(15(25)24(12-4-2)17(23)26)21-16(22-14)19-5-8-20(9-6-19,10-7-19)29-18(27)28/h3-12H2,1-2H3,(H,21,22)(H,27,28). The van der Waals surface area contributed by atoms with Crippen LogP contribution in [0.4, 0.5) is 4.79 Å². The van der Waals surface area contributed by atoms with Crippen molar-refractivity contribution in [2.24, 2.45) is 0 Å². The minimum absolute atomic E-state index is 0.224. The van der Waals surface area contributed by atoms with Crippen LogP contribution >= 0.6 is 0 Å². The summed E-state index contributed by atoms with van der Waals surface area (Å²) in [7, 11) is 0. The highest BCUT2D eigenvalue weighted by Gasteiger charge is 2.53. The van der Waals surface area contributed by atoms with Gasteiger partial charge in [0.2, 0.25) is 0 Å². The molecule has 3 fully saturated rings. The van der Waals surface area contributed by atoms with Crippen LogP contribution in [0.2, 0.25) is 0 Å². The van der Waals surface area contributed by atoms with Crippen molar-refractivity contribution in [3.8, 4) is 0 Å². The fourth-order valence-electron chi connectivity index (χ4n) is 5.11. The number of carboxylic acid groups (broad SMARTS) is 1. The first kappa shape index (κ1) is 19.7. The first-order valence-corrected chi connectivity index (χ1v) is 10.5. The Hall–Kier alpha value is -2.58.